The Morgan fingerprint density at radius 1 is 0.750 bits per heavy atom. The molecule has 24 heavy (non-hydrogen) atoms. The number of benzene rings is 2. The number of hydrogen-bond donors (Lipinski definition) is 0. The SMILES string of the molecule is CC1(C)CCCC(C)(C)N1P(=O)(c1ccccc1)c1ccccc1. The molecular weight excluding hydrogens is 313 g/mol. The molecule has 0 aromatic heterocycles. The maximum Gasteiger partial charge on any atom is 0.208 e. The Morgan fingerprint density at radius 3 is 1.50 bits per heavy atom. The van der Waals surface area contributed by atoms with Gasteiger partial charge in [0.05, 0.1) is 0 Å². The van der Waals surface area contributed by atoms with Crippen molar-refractivity contribution in [3.8, 4) is 0 Å². The normalized spacial score (nSPS) is 20.7. The van der Waals surface area contributed by atoms with Crippen LogP contribution in [0, 0.1) is 0 Å². The first kappa shape index (κ1) is 17.5. The summed E-state index contributed by atoms with van der Waals surface area (Å²) in [6.45, 7) is 8.97. The van der Waals surface area contributed by atoms with E-state index in [-0.39, 0.29) is 11.1 Å². The van der Waals surface area contributed by atoms with E-state index in [1.807, 2.05) is 60.7 Å². The molecule has 2 aromatic carbocycles. The van der Waals surface area contributed by atoms with Crippen LogP contribution in [-0.2, 0) is 4.57 Å². The first-order chi connectivity index (χ1) is 11.3. The van der Waals surface area contributed by atoms with E-state index in [9.17, 15) is 4.57 Å². The van der Waals surface area contributed by atoms with E-state index in [2.05, 4.69) is 32.4 Å². The topological polar surface area (TPSA) is 20.3 Å². The van der Waals surface area contributed by atoms with Gasteiger partial charge in [0.1, 0.15) is 0 Å². The van der Waals surface area contributed by atoms with Crippen LogP contribution in [-0.4, -0.2) is 15.7 Å². The van der Waals surface area contributed by atoms with Gasteiger partial charge in [-0.3, -0.25) is 4.57 Å². The Balaban J connectivity index is 2.28. The molecular formula is C21H28NOP. The van der Waals surface area contributed by atoms with Crippen molar-refractivity contribution in [1.29, 1.82) is 0 Å². The van der Waals surface area contributed by atoms with Crippen molar-refractivity contribution in [2.45, 2.75) is 58.0 Å². The fourth-order valence-corrected chi connectivity index (χ4v) is 8.02. The minimum atomic E-state index is -2.91. The molecule has 0 amide bonds. The third-order valence-electron chi connectivity index (χ3n) is 5.22. The van der Waals surface area contributed by atoms with E-state index in [1.165, 1.54) is 6.42 Å². The summed E-state index contributed by atoms with van der Waals surface area (Å²) in [5.41, 5.74) is -0.216. The van der Waals surface area contributed by atoms with Crippen molar-refractivity contribution in [2.24, 2.45) is 0 Å². The fraction of sp³-hybridized carbons (Fsp3) is 0.429. The molecule has 1 aliphatic heterocycles. The zero-order chi connectivity index (χ0) is 17.4. The molecule has 3 rings (SSSR count). The third-order valence-corrected chi connectivity index (χ3v) is 8.86. The lowest BCUT2D eigenvalue weighted by Crippen LogP contribution is -2.58. The predicted molar refractivity (Wildman–Crippen MR) is 104 cm³/mol. The number of piperidine rings is 1. The highest BCUT2D eigenvalue weighted by Gasteiger charge is 2.51. The van der Waals surface area contributed by atoms with Crippen LogP contribution in [0.25, 0.3) is 0 Å². The van der Waals surface area contributed by atoms with E-state index in [0.29, 0.717) is 0 Å². The van der Waals surface area contributed by atoms with Gasteiger partial charge in [-0.25, -0.2) is 4.67 Å². The molecule has 2 aromatic rings. The molecule has 1 heterocycles. The average molecular weight is 341 g/mol. The third kappa shape index (κ3) is 2.87. The fourth-order valence-electron chi connectivity index (χ4n) is 4.39. The summed E-state index contributed by atoms with van der Waals surface area (Å²) in [5.74, 6) is 0. The zero-order valence-corrected chi connectivity index (χ0v) is 16.1. The quantitative estimate of drug-likeness (QED) is 0.736. The van der Waals surface area contributed by atoms with Gasteiger partial charge in [-0.1, -0.05) is 36.4 Å². The highest BCUT2D eigenvalue weighted by atomic mass is 31.2. The average Bonchev–Trinajstić information content (AvgIpc) is 2.54. The van der Waals surface area contributed by atoms with Crippen molar-refractivity contribution in [1.82, 2.24) is 4.67 Å². The van der Waals surface area contributed by atoms with Crippen molar-refractivity contribution < 1.29 is 4.57 Å². The van der Waals surface area contributed by atoms with Gasteiger partial charge in [0.2, 0.25) is 7.29 Å². The van der Waals surface area contributed by atoms with Gasteiger partial charge in [0, 0.05) is 21.7 Å². The number of rotatable bonds is 3. The largest absolute Gasteiger partial charge is 0.296 e. The minimum absolute atomic E-state index is 0.108. The van der Waals surface area contributed by atoms with Gasteiger partial charge < -0.3 is 0 Å². The summed E-state index contributed by atoms with van der Waals surface area (Å²) in [5, 5.41) is 1.86. The molecule has 0 saturated carbocycles. The van der Waals surface area contributed by atoms with Crippen LogP contribution < -0.4 is 10.6 Å². The summed E-state index contributed by atoms with van der Waals surface area (Å²) in [4.78, 5) is 0. The Hall–Kier alpha value is -1.37. The van der Waals surface area contributed by atoms with Crippen molar-refractivity contribution in [2.75, 3.05) is 0 Å². The van der Waals surface area contributed by atoms with Crippen molar-refractivity contribution in [3.63, 3.8) is 0 Å². The van der Waals surface area contributed by atoms with E-state index in [0.717, 1.165) is 23.5 Å². The maximum absolute atomic E-state index is 14.7. The summed E-state index contributed by atoms with van der Waals surface area (Å²) in [6.07, 6.45) is 3.32. The van der Waals surface area contributed by atoms with Crippen LogP contribution in [0.5, 0.6) is 0 Å². The Morgan fingerprint density at radius 2 is 1.12 bits per heavy atom. The van der Waals surface area contributed by atoms with Crippen LogP contribution >= 0.6 is 7.29 Å². The second-order valence-corrected chi connectivity index (χ2v) is 10.6. The summed E-state index contributed by atoms with van der Waals surface area (Å²) in [7, 11) is -2.91. The molecule has 128 valence electrons. The molecule has 1 aliphatic rings. The second-order valence-electron chi connectivity index (χ2n) is 8.04. The molecule has 3 heteroatoms. The summed E-state index contributed by atoms with van der Waals surface area (Å²) < 4.78 is 17.1. The molecule has 0 radical (unpaired) electrons. The number of hydrogen-bond acceptors (Lipinski definition) is 1. The number of nitrogens with zero attached hydrogens (tertiary/aromatic N) is 1. The van der Waals surface area contributed by atoms with Gasteiger partial charge in [-0.2, -0.15) is 0 Å². The molecule has 0 unspecified atom stereocenters. The minimum Gasteiger partial charge on any atom is -0.296 e. The lowest BCUT2D eigenvalue weighted by atomic mass is 9.83. The second kappa shape index (κ2) is 6.17. The highest BCUT2D eigenvalue weighted by molar-refractivity contribution is 7.76. The van der Waals surface area contributed by atoms with Crippen LogP contribution in [0.1, 0.15) is 47.0 Å². The maximum atomic E-state index is 14.7. The van der Waals surface area contributed by atoms with Gasteiger partial charge in [-0.15, -0.1) is 0 Å². The Kier molecular flexibility index (Phi) is 4.49. The monoisotopic (exact) mass is 341 g/mol. The van der Waals surface area contributed by atoms with Gasteiger partial charge in [0.15, 0.2) is 0 Å². The lowest BCUT2D eigenvalue weighted by molar-refractivity contribution is 0.0561. The molecule has 0 N–H and O–H groups in total. The van der Waals surface area contributed by atoms with E-state index < -0.39 is 7.29 Å². The Labute approximate surface area is 146 Å². The Bertz CT molecular complexity index is 677. The van der Waals surface area contributed by atoms with Gasteiger partial charge >= 0.3 is 0 Å². The lowest BCUT2D eigenvalue weighted by Gasteiger charge is -2.55. The van der Waals surface area contributed by atoms with Crippen LogP contribution in [0.3, 0.4) is 0 Å². The summed E-state index contributed by atoms with van der Waals surface area (Å²) >= 11 is 0. The summed E-state index contributed by atoms with van der Waals surface area (Å²) in [6, 6.07) is 20.1. The van der Waals surface area contributed by atoms with Crippen molar-refractivity contribution in [3.05, 3.63) is 60.7 Å². The first-order valence-electron chi connectivity index (χ1n) is 8.81. The molecule has 0 bridgehead atoms. The zero-order valence-electron chi connectivity index (χ0n) is 15.2. The molecule has 0 spiro atoms. The molecule has 1 fully saturated rings. The highest BCUT2D eigenvalue weighted by Crippen LogP contribution is 2.59. The van der Waals surface area contributed by atoms with Crippen LogP contribution in [0.4, 0.5) is 0 Å². The molecule has 1 saturated heterocycles. The van der Waals surface area contributed by atoms with Crippen LogP contribution in [0.15, 0.2) is 60.7 Å². The van der Waals surface area contributed by atoms with Crippen molar-refractivity contribution >= 4 is 17.9 Å². The smallest absolute Gasteiger partial charge is 0.208 e. The van der Waals surface area contributed by atoms with Gasteiger partial charge in [0.25, 0.3) is 0 Å². The van der Waals surface area contributed by atoms with E-state index in [4.69, 9.17) is 0 Å². The first-order valence-corrected chi connectivity index (χ1v) is 10.5. The van der Waals surface area contributed by atoms with E-state index >= 15 is 0 Å². The van der Waals surface area contributed by atoms with Gasteiger partial charge in [-0.05, 0) is 71.2 Å². The van der Waals surface area contributed by atoms with E-state index in [1.54, 1.807) is 0 Å². The molecule has 0 atom stereocenters. The molecule has 0 aliphatic carbocycles. The molecule has 2 nitrogen and oxygen atoms in total. The van der Waals surface area contributed by atoms with Crippen LogP contribution in [0.2, 0.25) is 0 Å². The standard InChI is InChI=1S/C21H28NOP/c1-20(2)16-11-17-21(3,4)22(20)24(23,18-12-7-5-8-13-18)19-14-9-6-10-15-19/h5-10,12-15H,11,16-17H2,1-4H3. The predicted octanol–water partition coefficient (Wildman–Crippen LogP) is 4.96.